The molecule has 0 spiro atoms. The Morgan fingerprint density at radius 2 is 2.00 bits per heavy atom. The number of hydrogen-bond donors (Lipinski definition) is 1. The van der Waals surface area contributed by atoms with Gasteiger partial charge in [-0.05, 0) is 57.4 Å². The molecule has 1 aromatic carbocycles. The number of nitrogens with zero attached hydrogens (tertiary/aromatic N) is 1. The zero-order chi connectivity index (χ0) is 14.8. The molecule has 1 aromatic rings. The standard InChI is InChI=1S/C16H23ClN2O/c1-12-10-13(19-8-4-5-9-19)6-7-14(12)18-15(20)16(2,3)11-17/h6-7,10H,4-5,8-9,11H2,1-3H3,(H,18,20). The van der Waals surface area contributed by atoms with Gasteiger partial charge < -0.3 is 10.2 Å². The summed E-state index contributed by atoms with van der Waals surface area (Å²) in [6.45, 7) is 7.99. The van der Waals surface area contributed by atoms with E-state index in [2.05, 4.69) is 22.3 Å². The van der Waals surface area contributed by atoms with Crippen molar-refractivity contribution in [2.45, 2.75) is 33.6 Å². The Morgan fingerprint density at radius 1 is 1.35 bits per heavy atom. The summed E-state index contributed by atoms with van der Waals surface area (Å²) in [6, 6.07) is 6.22. The first kappa shape index (κ1) is 15.2. The fourth-order valence-electron chi connectivity index (χ4n) is 2.31. The van der Waals surface area contributed by atoms with Crippen LogP contribution in [-0.2, 0) is 4.79 Å². The van der Waals surface area contributed by atoms with Crippen LogP contribution in [0.3, 0.4) is 0 Å². The third-order valence-corrected chi connectivity index (χ3v) is 4.55. The van der Waals surface area contributed by atoms with Crippen molar-refractivity contribution in [3.63, 3.8) is 0 Å². The van der Waals surface area contributed by atoms with Crippen molar-refractivity contribution in [2.24, 2.45) is 5.41 Å². The van der Waals surface area contributed by atoms with Gasteiger partial charge in [0, 0.05) is 30.3 Å². The highest BCUT2D eigenvalue weighted by Gasteiger charge is 2.26. The van der Waals surface area contributed by atoms with Gasteiger partial charge in [-0.3, -0.25) is 4.79 Å². The van der Waals surface area contributed by atoms with Crippen LogP contribution < -0.4 is 10.2 Å². The van der Waals surface area contributed by atoms with Crippen LogP contribution in [0.15, 0.2) is 18.2 Å². The molecule has 1 fully saturated rings. The van der Waals surface area contributed by atoms with E-state index in [-0.39, 0.29) is 5.91 Å². The first-order chi connectivity index (χ1) is 9.44. The molecule has 1 N–H and O–H groups in total. The summed E-state index contributed by atoms with van der Waals surface area (Å²) < 4.78 is 0. The lowest BCUT2D eigenvalue weighted by Crippen LogP contribution is -2.32. The number of benzene rings is 1. The molecular weight excluding hydrogens is 272 g/mol. The lowest BCUT2D eigenvalue weighted by Gasteiger charge is -2.23. The molecule has 1 heterocycles. The summed E-state index contributed by atoms with van der Waals surface area (Å²) in [4.78, 5) is 14.5. The molecule has 0 aromatic heterocycles. The van der Waals surface area contributed by atoms with Crippen LogP contribution >= 0.6 is 11.6 Å². The van der Waals surface area contributed by atoms with E-state index in [9.17, 15) is 4.79 Å². The van der Waals surface area contributed by atoms with Crippen LogP contribution in [0.1, 0.15) is 32.3 Å². The van der Waals surface area contributed by atoms with Gasteiger partial charge in [-0.25, -0.2) is 0 Å². The molecule has 1 aliphatic rings. The Bertz CT molecular complexity index is 493. The predicted molar refractivity (Wildman–Crippen MR) is 85.8 cm³/mol. The number of halogens is 1. The van der Waals surface area contributed by atoms with Crippen molar-refractivity contribution in [1.82, 2.24) is 0 Å². The number of amides is 1. The van der Waals surface area contributed by atoms with Gasteiger partial charge in [0.05, 0.1) is 5.41 Å². The molecule has 0 aliphatic carbocycles. The number of carbonyl (C=O) groups excluding carboxylic acids is 1. The molecule has 110 valence electrons. The molecular formula is C16H23ClN2O. The van der Waals surface area contributed by atoms with E-state index < -0.39 is 5.41 Å². The maximum absolute atomic E-state index is 12.2. The van der Waals surface area contributed by atoms with Gasteiger partial charge in [0.25, 0.3) is 0 Å². The van der Waals surface area contributed by atoms with Crippen molar-refractivity contribution >= 4 is 28.9 Å². The van der Waals surface area contributed by atoms with E-state index in [0.29, 0.717) is 5.88 Å². The lowest BCUT2D eigenvalue weighted by atomic mass is 9.95. The van der Waals surface area contributed by atoms with Gasteiger partial charge in [0.2, 0.25) is 5.91 Å². The third kappa shape index (κ3) is 3.26. The maximum atomic E-state index is 12.2. The summed E-state index contributed by atoms with van der Waals surface area (Å²) in [7, 11) is 0. The monoisotopic (exact) mass is 294 g/mol. The van der Waals surface area contributed by atoms with Gasteiger partial charge in [-0.1, -0.05) is 0 Å². The van der Waals surface area contributed by atoms with E-state index in [1.165, 1.54) is 18.5 Å². The first-order valence-electron chi connectivity index (χ1n) is 7.17. The number of aryl methyl sites for hydroxylation is 1. The predicted octanol–water partition coefficient (Wildman–Crippen LogP) is 3.80. The average Bonchev–Trinajstić information content (AvgIpc) is 2.94. The molecule has 1 saturated heterocycles. The average molecular weight is 295 g/mol. The van der Waals surface area contributed by atoms with Gasteiger partial charge in [-0.15, -0.1) is 11.6 Å². The zero-order valence-corrected chi connectivity index (χ0v) is 13.3. The van der Waals surface area contributed by atoms with Gasteiger partial charge in [-0.2, -0.15) is 0 Å². The fraction of sp³-hybridized carbons (Fsp3) is 0.562. The summed E-state index contributed by atoms with van der Waals surface area (Å²) in [6.07, 6.45) is 2.53. The number of nitrogens with one attached hydrogen (secondary N) is 1. The number of anilines is 2. The van der Waals surface area contributed by atoms with Gasteiger partial charge in [0.1, 0.15) is 0 Å². The quantitative estimate of drug-likeness (QED) is 0.857. The van der Waals surface area contributed by atoms with Crippen LogP contribution in [0, 0.1) is 12.3 Å². The normalized spacial score (nSPS) is 15.5. The smallest absolute Gasteiger partial charge is 0.231 e. The largest absolute Gasteiger partial charge is 0.372 e. The Morgan fingerprint density at radius 3 is 2.55 bits per heavy atom. The highest BCUT2D eigenvalue weighted by Crippen LogP contribution is 2.27. The van der Waals surface area contributed by atoms with E-state index >= 15 is 0 Å². The second-order valence-electron chi connectivity index (χ2n) is 6.17. The van der Waals surface area contributed by atoms with Crippen LogP contribution in [0.5, 0.6) is 0 Å². The summed E-state index contributed by atoms with van der Waals surface area (Å²) >= 11 is 5.84. The molecule has 0 radical (unpaired) electrons. The van der Waals surface area contributed by atoms with E-state index in [4.69, 9.17) is 11.6 Å². The third-order valence-electron chi connectivity index (χ3n) is 3.88. The lowest BCUT2D eigenvalue weighted by molar-refractivity contribution is -0.122. The maximum Gasteiger partial charge on any atom is 0.231 e. The van der Waals surface area contributed by atoms with Crippen LogP contribution in [0.25, 0.3) is 0 Å². The highest BCUT2D eigenvalue weighted by atomic mass is 35.5. The number of rotatable bonds is 4. The minimum absolute atomic E-state index is 0.0375. The Kier molecular flexibility index (Phi) is 4.59. The zero-order valence-electron chi connectivity index (χ0n) is 12.5. The number of alkyl halides is 1. The number of hydrogen-bond acceptors (Lipinski definition) is 2. The van der Waals surface area contributed by atoms with Crippen LogP contribution in [0.4, 0.5) is 11.4 Å². The molecule has 1 amide bonds. The molecule has 0 atom stereocenters. The van der Waals surface area contributed by atoms with Gasteiger partial charge in [0.15, 0.2) is 0 Å². The first-order valence-corrected chi connectivity index (χ1v) is 7.70. The summed E-state index contributed by atoms with van der Waals surface area (Å²) in [5, 5.41) is 2.98. The Balaban J connectivity index is 2.12. The second-order valence-corrected chi connectivity index (χ2v) is 6.43. The fourth-order valence-corrected chi connectivity index (χ4v) is 2.43. The van der Waals surface area contributed by atoms with Crippen LogP contribution in [-0.4, -0.2) is 24.9 Å². The van der Waals surface area contributed by atoms with E-state index in [1.807, 2.05) is 26.8 Å². The Hall–Kier alpha value is -1.22. The second kappa shape index (κ2) is 6.04. The molecule has 0 saturated carbocycles. The molecule has 3 nitrogen and oxygen atoms in total. The molecule has 1 aliphatic heterocycles. The van der Waals surface area contributed by atoms with E-state index in [0.717, 1.165) is 24.3 Å². The van der Waals surface area contributed by atoms with Crippen molar-refractivity contribution < 1.29 is 4.79 Å². The number of carbonyl (C=O) groups is 1. The van der Waals surface area contributed by atoms with Crippen molar-refractivity contribution in [2.75, 3.05) is 29.2 Å². The molecule has 0 unspecified atom stereocenters. The minimum atomic E-state index is -0.554. The Labute approximate surface area is 126 Å². The van der Waals surface area contributed by atoms with Crippen molar-refractivity contribution in [3.05, 3.63) is 23.8 Å². The molecule has 0 bridgehead atoms. The minimum Gasteiger partial charge on any atom is -0.372 e. The molecule has 4 heteroatoms. The summed E-state index contributed by atoms with van der Waals surface area (Å²) in [5.74, 6) is 0.272. The SMILES string of the molecule is Cc1cc(N2CCCC2)ccc1NC(=O)C(C)(C)CCl. The molecule has 20 heavy (non-hydrogen) atoms. The molecule has 2 rings (SSSR count). The van der Waals surface area contributed by atoms with Crippen molar-refractivity contribution in [3.8, 4) is 0 Å². The topological polar surface area (TPSA) is 32.3 Å². The van der Waals surface area contributed by atoms with Gasteiger partial charge >= 0.3 is 0 Å². The van der Waals surface area contributed by atoms with Crippen LogP contribution in [0.2, 0.25) is 0 Å². The highest BCUT2D eigenvalue weighted by molar-refractivity contribution is 6.20. The van der Waals surface area contributed by atoms with Crippen molar-refractivity contribution in [1.29, 1.82) is 0 Å². The summed E-state index contributed by atoms with van der Waals surface area (Å²) in [5.41, 5.74) is 2.65. The van der Waals surface area contributed by atoms with E-state index in [1.54, 1.807) is 0 Å².